The lowest BCUT2D eigenvalue weighted by Crippen LogP contribution is -2.37. The molecule has 0 fully saturated rings. The van der Waals surface area contributed by atoms with E-state index in [4.69, 9.17) is 9.47 Å². The largest absolute Gasteiger partial charge is 0.493 e. The van der Waals surface area contributed by atoms with Crippen molar-refractivity contribution in [1.29, 1.82) is 0 Å². The lowest BCUT2D eigenvalue weighted by atomic mass is 10.1. The summed E-state index contributed by atoms with van der Waals surface area (Å²) in [7, 11) is 3.20. The summed E-state index contributed by atoms with van der Waals surface area (Å²) in [4.78, 5) is 26.9. The second-order valence-electron chi connectivity index (χ2n) is 7.46. The highest BCUT2D eigenvalue weighted by Gasteiger charge is 2.21. The van der Waals surface area contributed by atoms with E-state index in [1.54, 1.807) is 14.2 Å². The van der Waals surface area contributed by atoms with Crippen molar-refractivity contribution in [3.05, 3.63) is 59.7 Å². The molecule has 2 amide bonds. The van der Waals surface area contributed by atoms with Crippen LogP contribution in [0.25, 0.3) is 0 Å². The third-order valence-corrected chi connectivity index (χ3v) is 5.30. The molecule has 0 bridgehead atoms. The first kappa shape index (κ1) is 24.3. The summed E-state index contributed by atoms with van der Waals surface area (Å²) in [6.45, 7) is 4.92. The average molecular weight is 427 g/mol. The van der Waals surface area contributed by atoms with E-state index >= 15 is 0 Å². The third-order valence-electron chi connectivity index (χ3n) is 5.30. The van der Waals surface area contributed by atoms with Gasteiger partial charge in [0.05, 0.1) is 20.3 Å². The Balaban J connectivity index is 1.88. The Morgan fingerprint density at radius 3 is 2.35 bits per heavy atom. The number of methoxy groups -OCH3 is 2. The quantitative estimate of drug-likeness (QED) is 0.554. The van der Waals surface area contributed by atoms with Crippen molar-refractivity contribution in [2.24, 2.45) is 0 Å². The average Bonchev–Trinajstić information content (AvgIpc) is 2.79. The Morgan fingerprint density at radius 1 is 1.00 bits per heavy atom. The van der Waals surface area contributed by atoms with Gasteiger partial charge in [0.25, 0.3) is 0 Å². The van der Waals surface area contributed by atoms with E-state index in [0.29, 0.717) is 37.4 Å². The molecule has 0 aliphatic heterocycles. The van der Waals surface area contributed by atoms with Crippen molar-refractivity contribution in [2.45, 2.75) is 45.6 Å². The van der Waals surface area contributed by atoms with Gasteiger partial charge in [-0.1, -0.05) is 43.3 Å². The Morgan fingerprint density at radius 2 is 1.71 bits per heavy atom. The molecule has 0 aliphatic rings. The van der Waals surface area contributed by atoms with E-state index in [9.17, 15) is 9.59 Å². The van der Waals surface area contributed by atoms with E-state index in [-0.39, 0.29) is 24.3 Å². The molecule has 0 saturated heterocycles. The molecule has 0 radical (unpaired) electrons. The SMILES string of the molecule is CCCC(=O)N(CCC(=O)NCCc1ccc(OC)c(OC)c1)C(C)c1ccccc1. The van der Waals surface area contributed by atoms with Gasteiger partial charge >= 0.3 is 0 Å². The summed E-state index contributed by atoms with van der Waals surface area (Å²) >= 11 is 0. The Bertz CT molecular complexity index is 839. The minimum absolute atomic E-state index is 0.0602. The minimum Gasteiger partial charge on any atom is -0.493 e. The number of amides is 2. The fraction of sp³-hybridized carbons (Fsp3) is 0.440. The van der Waals surface area contributed by atoms with Crippen LogP contribution < -0.4 is 14.8 Å². The summed E-state index contributed by atoms with van der Waals surface area (Å²) in [5.41, 5.74) is 2.12. The van der Waals surface area contributed by atoms with Crippen LogP contribution in [-0.4, -0.2) is 44.0 Å². The molecule has 0 heterocycles. The maximum Gasteiger partial charge on any atom is 0.223 e. The van der Waals surface area contributed by atoms with Crippen molar-refractivity contribution in [3.63, 3.8) is 0 Å². The van der Waals surface area contributed by atoms with Crippen molar-refractivity contribution >= 4 is 11.8 Å². The molecule has 2 aromatic rings. The summed E-state index contributed by atoms with van der Waals surface area (Å²) in [6, 6.07) is 15.6. The van der Waals surface area contributed by atoms with Crippen LogP contribution in [0.5, 0.6) is 11.5 Å². The van der Waals surface area contributed by atoms with E-state index in [0.717, 1.165) is 17.5 Å². The molecule has 0 aromatic heterocycles. The number of rotatable bonds is 12. The van der Waals surface area contributed by atoms with Gasteiger partial charge in [-0.25, -0.2) is 0 Å². The highest BCUT2D eigenvalue weighted by Crippen LogP contribution is 2.27. The Labute approximate surface area is 185 Å². The lowest BCUT2D eigenvalue weighted by Gasteiger charge is -2.29. The summed E-state index contributed by atoms with van der Waals surface area (Å²) < 4.78 is 10.6. The zero-order valence-corrected chi connectivity index (χ0v) is 19.0. The second kappa shape index (κ2) is 12.6. The molecule has 168 valence electrons. The van der Waals surface area contributed by atoms with Crippen LogP contribution in [0.4, 0.5) is 0 Å². The lowest BCUT2D eigenvalue weighted by molar-refractivity contribution is -0.134. The van der Waals surface area contributed by atoms with Crippen molar-refractivity contribution in [1.82, 2.24) is 10.2 Å². The zero-order chi connectivity index (χ0) is 22.6. The fourth-order valence-electron chi connectivity index (χ4n) is 3.50. The zero-order valence-electron chi connectivity index (χ0n) is 19.0. The number of carbonyl (C=O) groups is 2. The van der Waals surface area contributed by atoms with Crippen molar-refractivity contribution in [2.75, 3.05) is 27.3 Å². The molecule has 0 saturated carbocycles. The number of hydrogen-bond acceptors (Lipinski definition) is 4. The monoisotopic (exact) mass is 426 g/mol. The summed E-state index contributed by atoms with van der Waals surface area (Å²) in [5, 5.41) is 2.95. The number of hydrogen-bond donors (Lipinski definition) is 1. The molecule has 1 N–H and O–H groups in total. The maximum absolute atomic E-state index is 12.7. The molecule has 0 spiro atoms. The van der Waals surface area contributed by atoms with Gasteiger partial charge in [0.2, 0.25) is 11.8 Å². The molecular weight excluding hydrogens is 392 g/mol. The Hall–Kier alpha value is -3.02. The number of carbonyl (C=O) groups excluding carboxylic acids is 2. The Kier molecular flexibility index (Phi) is 9.88. The number of nitrogens with one attached hydrogen (secondary N) is 1. The van der Waals surface area contributed by atoms with Crippen LogP contribution in [0.3, 0.4) is 0 Å². The molecule has 6 nitrogen and oxygen atoms in total. The van der Waals surface area contributed by atoms with Gasteiger partial charge in [-0.3, -0.25) is 9.59 Å². The van der Waals surface area contributed by atoms with E-state index in [2.05, 4.69) is 5.32 Å². The normalized spacial score (nSPS) is 11.5. The first-order valence-electron chi connectivity index (χ1n) is 10.8. The highest BCUT2D eigenvalue weighted by atomic mass is 16.5. The minimum atomic E-state index is -0.0696. The molecule has 1 unspecified atom stereocenters. The molecule has 2 aromatic carbocycles. The van der Waals surface area contributed by atoms with E-state index in [1.807, 2.05) is 67.3 Å². The van der Waals surface area contributed by atoms with Crippen molar-refractivity contribution in [3.8, 4) is 11.5 Å². The molecule has 1 atom stereocenters. The van der Waals surface area contributed by atoms with Crippen molar-refractivity contribution < 1.29 is 19.1 Å². The topological polar surface area (TPSA) is 67.9 Å². The van der Waals surface area contributed by atoms with Gasteiger partial charge in [0.15, 0.2) is 11.5 Å². The summed E-state index contributed by atoms with van der Waals surface area (Å²) in [6.07, 6.45) is 2.23. The van der Waals surface area contributed by atoms with Gasteiger partial charge < -0.3 is 19.7 Å². The van der Waals surface area contributed by atoms with Crippen LogP contribution in [-0.2, 0) is 16.0 Å². The molecular formula is C25H34N2O4. The summed E-state index contributed by atoms with van der Waals surface area (Å²) in [5.74, 6) is 1.37. The van der Waals surface area contributed by atoms with Crippen LogP contribution in [0.1, 0.15) is 50.3 Å². The van der Waals surface area contributed by atoms with Crippen LogP contribution >= 0.6 is 0 Å². The van der Waals surface area contributed by atoms with Gasteiger partial charge in [0.1, 0.15) is 0 Å². The predicted molar refractivity (Wildman–Crippen MR) is 122 cm³/mol. The standard InChI is InChI=1S/C25H34N2O4/c1-5-9-25(29)27(19(2)21-10-7-6-8-11-21)17-15-24(28)26-16-14-20-12-13-22(30-3)23(18-20)31-4/h6-8,10-13,18-19H,5,9,14-17H2,1-4H3,(H,26,28). The van der Waals surface area contributed by atoms with Gasteiger partial charge in [0, 0.05) is 25.9 Å². The number of benzene rings is 2. The molecule has 6 heteroatoms. The number of ether oxygens (including phenoxy) is 2. The molecule has 0 aliphatic carbocycles. The van der Waals surface area contributed by atoms with Crippen LogP contribution in [0.2, 0.25) is 0 Å². The van der Waals surface area contributed by atoms with E-state index < -0.39 is 0 Å². The van der Waals surface area contributed by atoms with E-state index in [1.165, 1.54) is 0 Å². The van der Waals surface area contributed by atoms with Crippen LogP contribution in [0, 0.1) is 0 Å². The first-order valence-corrected chi connectivity index (χ1v) is 10.8. The highest BCUT2D eigenvalue weighted by molar-refractivity contribution is 5.79. The van der Waals surface area contributed by atoms with Gasteiger partial charge in [-0.05, 0) is 43.0 Å². The second-order valence-corrected chi connectivity index (χ2v) is 7.46. The first-order chi connectivity index (χ1) is 15.0. The smallest absolute Gasteiger partial charge is 0.223 e. The predicted octanol–water partition coefficient (Wildman–Crippen LogP) is 4.14. The third kappa shape index (κ3) is 7.31. The maximum atomic E-state index is 12.7. The number of nitrogens with zero attached hydrogens (tertiary/aromatic N) is 1. The molecule has 2 rings (SSSR count). The molecule has 31 heavy (non-hydrogen) atoms. The van der Waals surface area contributed by atoms with Gasteiger partial charge in [-0.15, -0.1) is 0 Å². The fourth-order valence-corrected chi connectivity index (χ4v) is 3.50. The van der Waals surface area contributed by atoms with Gasteiger partial charge in [-0.2, -0.15) is 0 Å². The van der Waals surface area contributed by atoms with Crippen LogP contribution in [0.15, 0.2) is 48.5 Å².